The summed E-state index contributed by atoms with van der Waals surface area (Å²) in [5.74, 6) is -0.0155. The largest absolute Gasteiger partial charge is 0.480 e. The Labute approximate surface area is 207 Å². The Balaban J connectivity index is 1.95. The van der Waals surface area contributed by atoms with Crippen molar-refractivity contribution in [1.29, 1.82) is 0 Å². The van der Waals surface area contributed by atoms with Crippen molar-refractivity contribution in [2.24, 2.45) is 0 Å². The van der Waals surface area contributed by atoms with Gasteiger partial charge in [-0.1, -0.05) is 11.6 Å². The third kappa shape index (κ3) is 4.73. The molecule has 13 heteroatoms. The van der Waals surface area contributed by atoms with Crippen LogP contribution in [0, 0.1) is 6.92 Å². The van der Waals surface area contributed by atoms with E-state index in [9.17, 15) is 23.1 Å². The molecule has 0 unspecified atom stereocenters. The predicted octanol–water partition coefficient (Wildman–Crippen LogP) is 4.57. The van der Waals surface area contributed by atoms with Gasteiger partial charge < -0.3 is 14.6 Å². The highest BCUT2D eigenvalue weighted by atomic mass is 35.5. The number of benzene rings is 1. The molecule has 0 spiro atoms. The lowest BCUT2D eigenvalue weighted by Crippen LogP contribution is -2.31. The van der Waals surface area contributed by atoms with Crippen molar-refractivity contribution < 1.29 is 27.8 Å². The van der Waals surface area contributed by atoms with Gasteiger partial charge >= 0.3 is 11.9 Å². The van der Waals surface area contributed by atoms with Crippen molar-refractivity contribution in [2.45, 2.75) is 46.2 Å². The summed E-state index contributed by atoms with van der Waals surface area (Å²) in [6, 6.07) is 5.81. The van der Waals surface area contributed by atoms with Gasteiger partial charge in [0.05, 0.1) is 21.8 Å². The average Bonchev–Trinajstić information content (AvgIpc) is 3.16. The van der Waals surface area contributed by atoms with Crippen LogP contribution in [0.2, 0.25) is 5.02 Å². The van der Waals surface area contributed by atoms with Crippen molar-refractivity contribution >= 4 is 22.4 Å². The molecule has 0 aliphatic carbocycles. The summed E-state index contributed by atoms with van der Waals surface area (Å²) in [7, 11) is 0. The maximum atomic E-state index is 13.4. The van der Waals surface area contributed by atoms with Gasteiger partial charge in [0.25, 0.3) is 0 Å². The van der Waals surface area contributed by atoms with Gasteiger partial charge in [-0.05, 0) is 44.4 Å². The number of ether oxygens (including phenoxy) is 2. The molecule has 4 rings (SSSR count). The summed E-state index contributed by atoms with van der Waals surface area (Å²) in [5, 5.41) is 14.4. The molecule has 1 N–H and O–H groups in total. The molecule has 3 aromatic heterocycles. The van der Waals surface area contributed by atoms with Gasteiger partial charge in [-0.2, -0.15) is 17.9 Å². The number of hydrogen-bond acceptors (Lipinski definition) is 7. The molecule has 0 fully saturated rings. The fraction of sp³-hybridized carbons (Fsp3) is 0.304. The lowest BCUT2D eigenvalue weighted by atomic mass is 10.1. The smallest absolute Gasteiger partial charge is 0.425 e. The zero-order chi connectivity index (χ0) is 26.2. The minimum Gasteiger partial charge on any atom is -0.480 e. The standard InChI is InChI=1S/C23H21ClF3N5O4/c1-4-31-18(11-33)30-32(22(31)34)15-9-14-5-7-29-21(36-20-12(2)28-8-6-16(20)24)19(14)17(10-15)35-13(3)23(25,26)27/h5-10,13,33H,4,11H2,1-3H3/t13-/m0/s1. The Morgan fingerprint density at radius 1 is 1.19 bits per heavy atom. The van der Waals surface area contributed by atoms with Crippen LogP contribution in [0.5, 0.6) is 17.4 Å². The molecule has 0 amide bonds. The van der Waals surface area contributed by atoms with E-state index < -0.39 is 24.6 Å². The van der Waals surface area contributed by atoms with Crippen LogP contribution in [-0.2, 0) is 13.2 Å². The van der Waals surface area contributed by atoms with E-state index in [0.717, 1.165) is 11.6 Å². The number of aliphatic hydroxyl groups is 1. The Kier molecular flexibility index (Phi) is 6.92. The molecule has 0 aliphatic rings. The van der Waals surface area contributed by atoms with E-state index in [1.807, 2.05) is 0 Å². The molecule has 0 aliphatic heterocycles. The van der Waals surface area contributed by atoms with Crippen LogP contribution in [0.15, 0.2) is 41.5 Å². The maximum absolute atomic E-state index is 13.4. The number of halogens is 4. The molecule has 36 heavy (non-hydrogen) atoms. The highest BCUT2D eigenvalue weighted by Crippen LogP contribution is 2.40. The molecule has 190 valence electrons. The van der Waals surface area contributed by atoms with Crippen molar-refractivity contribution in [1.82, 2.24) is 24.3 Å². The van der Waals surface area contributed by atoms with Crippen molar-refractivity contribution in [2.75, 3.05) is 0 Å². The van der Waals surface area contributed by atoms with Crippen LogP contribution < -0.4 is 15.2 Å². The van der Waals surface area contributed by atoms with Gasteiger partial charge in [0, 0.05) is 25.0 Å². The molecule has 4 aromatic rings. The molecule has 0 bridgehead atoms. The van der Waals surface area contributed by atoms with E-state index in [-0.39, 0.29) is 45.8 Å². The summed E-state index contributed by atoms with van der Waals surface area (Å²) in [5.41, 5.74) is 0.00257. The molecule has 0 saturated heterocycles. The third-order valence-corrected chi connectivity index (χ3v) is 5.71. The molecule has 0 saturated carbocycles. The van der Waals surface area contributed by atoms with Crippen LogP contribution in [0.3, 0.4) is 0 Å². The van der Waals surface area contributed by atoms with E-state index in [4.69, 9.17) is 21.1 Å². The van der Waals surface area contributed by atoms with Crippen LogP contribution in [-0.4, -0.2) is 41.7 Å². The van der Waals surface area contributed by atoms with Gasteiger partial charge in [-0.15, -0.1) is 5.10 Å². The van der Waals surface area contributed by atoms with E-state index >= 15 is 0 Å². The summed E-state index contributed by atoms with van der Waals surface area (Å²) in [6.45, 7) is 3.96. The van der Waals surface area contributed by atoms with Gasteiger partial charge in [0.15, 0.2) is 17.7 Å². The highest BCUT2D eigenvalue weighted by molar-refractivity contribution is 6.32. The minimum absolute atomic E-state index is 0.0658. The average molecular weight is 524 g/mol. The lowest BCUT2D eigenvalue weighted by Gasteiger charge is -2.20. The second-order valence-electron chi connectivity index (χ2n) is 7.78. The summed E-state index contributed by atoms with van der Waals surface area (Å²) in [4.78, 5) is 21.2. The van der Waals surface area contributed by atoms with Gasteiger partial charge in [0.1, 0.15) is 12.4 Å². The van der Waals surface area contributed by atoms with E-state index in [1.165, 1.54) is 41.2 Å². The highest BCUT2D eigenvalue weighted by Gasteiger charge is 2.38. The normalized spacial score (nSPS) is 12.7. The number of aryl methyl sites for hydroxylation is 1. The quantitative estimate of drug-likeness (QED) is 0.378. The summed E-state index contributed by atoms with van der Waals surface area (Å²) < 4.78 is 53.7. The number of aromatic nitrogens is 5. The molecule has 3 heterocycles. The molecule has 9 nitrogen and oxygen atoms in total. The Hall–Kier alpha value is -3.64. The van der Waals surface area contributed by atoms with Crippen LogP contribution in [0.4, 0.5) is 13.2 Å². The van der Waals surface area contributed by atoms with Crippen molar-refractivity contribution in [3.05, 3.63) is 63.7 Å². The minimum atomic E-state index is -4.67. The first-order chi connectivity index (χ1) is 17.0. The van der Waals surface area contributed by atoms with Crippen LogP contribution >= 0.6 is 11.6 Å². The third-order valence-electron chi connectivity index (χ3n) is 5.42. The fourth-order valence-electron chi connectivity index (χ4n) is 3.56. The SMILES string of the molecule is CCn1c(CO)nn(-c2cc(O[C@@H](C)C(F)(F)F)c3c(Oc4c(Cl)ccnc4C)nccc3c2)c1=O. The first kappa shape index (κ1) is 25.5. The van der Waals surface area contributed by atoms with Gasteiger partial charge in [-0.25, -0.2) is 9.78 Å². The van der Waals surface area contributed by atoms with Crippen molar-refractivity contribution in [3.63, 3.8) is 0 Å². The van der Waals surface area contributed by atoms with Crippen molar-refractivity contribution in [3.8, 4) is 23.1 Å². The second kappa shape index (κ2) is 9.78. The van der Waals surface area contributed by atoms with E-state index in [2.05, 4.69) is 15.1 Å². The molecule has 1 atom stereocenters. The zero-order valence-electron chi connectivity index (χ0n) is 19.4. The Morgan fingerprint density at radius 3 is 2.53 bits per heavy atom. The number of fused-ring (bicyclic) bond motifs is 1. The maximum Gasteiger partial charge on any atom is 0.425 e. The number of nitrogens with zero attached hydrogens (tertiary/aromatic N) is 5. The fourth-order valence-corrected chi connectivity index (χ4v) is 3.79. The summed E-state index contributed by atoms with van der Waals surface area (Å²) >= 11 is 6.24. The van der Waals surface area contributed by atoms with E-state index in [0.29, 0.717) is 11.1 Å². The number of pyridine rings is 2. The molecule has 0 radical (unpaired) electrons. The molecule has 1 aromatic carbocycles. The van der Waals surface area contributed by atoms with Crippen LogP contribution in [0.25, 0.3) is 16.5 Å². The first-order valence-corrected chi connectivity index (χ1v) is 11.2. The van der Waals surface area contributed by atoms with Gasteiger partial charge in [0.2, 0.25) is 5.88 Å². The van der Waals surface area contributed by atoms with Gasteiger partial charge in [-0.3, -0.25) is 9.55 Å². The van der Waals surface area contributed by atoms with E-state index in [1.54, 1.807) is 13.8 Å². The topological polar surface area (TPSA) is 104 Å². The number of rotatable bonds is 7. The number of aliphatic hydroxyl groups excluding tert-OH is 1. The monoisotopic (exact) mass is 523 g/mol. The molecular formula is C23H21ClF3N5O4. The Bertz CT molecular complexity index is 1470. The zero-order valence-corrected chi connectivity index (χ0v) is 20.1. The number of hydrogen-bond donors (Lipinski definition) is 1. The van der Waals surface area contributed by atoms with Crippen LogP contribution in [0.1, 0.15) is 25.4 Å². The Morgan fingerprint density at radius 2 is 1.92 bits per heavy atom. The number of alkyl halides is 3. The molecular weight excluding hydrogens is 503 g/mol. The second-order valence-corrected chi connectivity index (χ2v) is 8.19. The predicted molar refractivity (Wildman–Crippen MR) is 125 cm³/mol. The summed E-state index contributed by atoms with van der Waals surface area (Å²) in [6.07, 6.45) is -3.98. The lowest BCUT2D eigenvalue weighted by molar-refractivity contribution is -0.189. The first-order valence-electron chi connectivity index (χ1n) is 10.8.